The molecule has 0 aromatic heterocycles. The number of carbonyl (C=O) groups excluding carboxylic acids is 1. The highest BCUT2D eigenvalue weighted by Gasteiger charge is 2.31. The van der Waals surface area contributed by atoms with Crippen LogP contribution in [0.3, 0.4) is 0 Å². The Kier molecular flexibility index (Phi) is 6.49. The van der Waals surface area contributed by atoms with Crippen molar-refractivity contribution < 1.29 is 17.9 Å². The monoisotopic (exact) mass is 390 g/mol. The molecule has 0 aliphatic heterocycles. The number of amides is 1. The van der Waals surface area contributed by atoms with Crippen molar-refractivity contribution >= 4 is 27.3 Å². The highest BCUT2D eigenvalue weighted by Crippen LogP contribution is 2.26. The lowest BCUT2D eigenvalue weighted by Crippen LogP contribution is -2.47. The van der Waals surface area contributed by atoms with E-state index in [1.54, 1.807) is 31.2 Å². The number of nitrogens with zero attached hydrogens (tertiary/aromatic N) is 1. The Bertz CT molecular complexity index is 908. The lowest BCUT2D eigenvalue weighted by atomic mass is 10.1. The Morgan fingerprint density at radius 3 is 2.26 bits per heavy atom. The van der Waals surface area contributed by atoms with Crippen LogP contribution in [0.1, 0.15) is 24.5 Å². The molecule has 0 saturated heterocycles. The Morgan fingerprint density at radius 1 is 1.15 bits per heavy atom. The molecule has 1 N–H and O–H groups in total. The summed E-state index contributed by atoms with van der Waals surface area (Å²) in [6.07, 6.45) is 1.43. The van der Waals surface area contributed by atoms with Crippen molar-refractivity contribution in [1.82, 2.24) is 0 Å². The highest BCUT2D eigenvalue weighted by molar-refractivity contribution is 7.92. The van der Waals surface area contributed by atoms with Crippen molar-refractivity contribution in [1.29, 1.82) is 0 Å². The summed E-state index contributed by atoms with van der Waals surface area (Å²) in [4.78, 5) is 12.9. The van der Waals surface area contributed by atoms with Gasteiger partial charge in [0.05, 0.1) is 19.1 Å². The lowest BCUT2D eigenvalue weighted by molar-refractivity contribution is -0.117. The third kappa shape index (κ3) is 5.01. The number of methoxy groups -OCH3 is 1. The van der Waals surface area contributed by atoms with E-state index in [1.165, 1.54) is 7.11 Å². The zero-order valence-corrected chi connectivity index (χ0v) is 17.1. The first-order valence-corrected chi connectivity index (χ1v) is 10.5. The summed E-state index contributed by atoms with van der Waals surface area (Å²) < 4.78 is 31.2. The molecule has 2 aromatic carbocycles. The third-order valence-corrected chi connectivity index (χ3v) is 5.48. The summed E-state index contributed by atoms with van der Waals surface area (Å²) in [5.41, 5.74) is 3.11. The van der Waals surface area contributed by atoms with Gasteiger partial charge in [0, 0.05) is 5.69 Å². The van der Waals surface area contributed by atoms with Crippen molar-refractivity contribution in [2.24, 2.45) is 0 Å². The van der Waals surface area contributed by atoms with Crippen LogP contribution >= 0.6 is 0 Å². The van der Waals surface area contributed by atoms with Crippen LogP contribution in [0.25, 0.3) is 0 Å². The van der Waals surface area contributed by atoms with Crippen molar-refractivity contribution in [2.45, 2.75) is 33.2 Å². The average Bonchev–Trinajstić information content (AvgIpc) is 2.61. The first-order valence-electron chi connectivity index (χ1n) is 8.69. The van der Waals surface area contributed by atoms with Gasteiger partial charge in [-0.2, -0.15) is 0 Å². The van der Waals surface area contributed by atoms with Gasteiger partial charge in [0.2, 0.25) is 15.9 Å². The van der Waals surface area contributed by atoms with Crippen LogP contribution in [-0.4, -0.2) is 33.7 Å². The summed E-state index contributed by atoms with van der Waals surface area (Å²) in [6.45, 7) is 5.66. The molecule has 0 fully saturated rings. The Balaban J connectivity index is 2.37. The number of aryl methyl sites for hydroxylation is 2. The molecule has 0 spiro atoms. The van der Waals surface area contributed by atoms with Gasteiger partial charge in [0.1, 0.15) is 11.8 Å². The van der Waals surface area contributed by atoms with Crippen LogP contribution in [0.15, 0.2) is 42.5 Å². The first-order chi connectivity index (χ1) is 12.7. The van der Waals surface area contributed by atoms with Crippen LogP contribution in [0.5, 0.6) is 5.75 Å². The smallest absolute Gasteiger partial charge is 0.248 e. The van der Waals surface area contributed by atoms with Crippen LogP contribution < -0.4 is 14.4 Å². The molecule has 0 saturated carbocycles. The van der Waals surface area contributed by atoms with E-state index in [-0.39, 0.29) is 5.91 Å². The number of hydrogen-bond donors (Lipinski definition) is 1. The Morgan fingerprint density at radius 2 is 1.78 bits per heavy atom. The van der Waals surface area contributed by atoms with E-state index in [0.29, 0.717) is 23.5 Å². The topological polar surface area (TPSA) is 75.7 Å². The minimum absolute atomic E-state index is 0.329. The number of rotatable bonds is 7. The fraction of sp³-hybridized carbons (Fsp3) is 0.350. The molecule has 6 nitrogen and oxygen atoms in total. The molecule has 27 heavy (non-hydrogen) atoms. The van der Waals surface area contributed by atoms with Crippen LogP contribution in [-0.2, 0) is 14.8 Å². The molecular weight excluding hydrogens is 364 g/mol. The summed E-state index contributed by atoms with van der Waals surface area (Å²) in [5.74, 6) is 0.241. The van der Waals surface area contributed by atoms with Gasteiger partial charge in [0.25, 0.3) is 0 Å². The van der Waals surface area contributed by atoms with Crippen LogP contribution in [0, 0.1) is 13.8 Å². The number of benzene rings is 2. The van der Waals surface area contributed by atoms with Gasteiger partial charge < -0.3 is 10.1 Å². The van der Waals surface area contributed by atoms with Crippen molar-refractivity contribution in [2.75, 3.05) is 23.0 Å². The van der Waals surface area contributed by atoms with Gasteiger partial charge in [0.15, 0.2) is 0 Å². The summed E-state index contributed by atoms with van der Waals surface area (Å²) in [6, 6.07) is 11.4. The van der Waals surface area contributed by atoms with E-state index in [9.17, 15) is 13.2 Å². The largest absolute Gasteiger partial charge is 0.497 e. The fourth-order valence-corrected chi connectivity index (χ4v) is 4.17. The quantitative estimate of drug-likeness (QED) is 0.785. The summed E-state index contributed by atoms with van der Waals surface area (Å²) >= 11 is 0. The maximum Gasteiger partial charge on any atom is 0.248 e. The van der Waals surface area contributed by atoms with E-state index in [0.717, 1.165) is 21.7 Å². The molecule has 0 heterocycles. The van der Waals surface area contributed by atoms with Crippen molar-refractivity contribution in [3.05, 3.63) is 53.6 Å². The average molecular weight is 391 g/mol. The van der Waals surface area contributed by atoms with Crippen molar-refractivity contribution in [3.63, 3.8) is 0 Å². The van der Waals surface area contributed by atoms with E-state index < -0.39 is 16.1 Å². The van der Waals surface area contributed by atoms with Crippen LogP contribution in [0.4, 0.5) is 11.4 Å². The predicted octanol–water partition coefficient (Wildman–Crippen LogP) is 3.50. The van der Waals surface area contributed by atoms with Crippen molar-refractivity contribution in [3.8, 4) is 5.75 Å². The molecule has 0 radical (unpaired) electrons. The number of hydrogen-bond acceptors (Lipinski definition) is 4. The Labute approximate surface area is 161 Å². The molecule has 2 aromatic rings. The number of sulfonamides is 1. The molecule has 0 aliphatic carbocycles. The third-order valence-electron chi connectivity index (χ3n) is 4.30. The maximum absolute atomic E-state index is 12.9. The first kappa shape index (κ1) is 20.8. The maximum atomic E-state index is 12.9. The molecule has 1 unspecified atom stereocenters. The minimum atomic E-state index is -3.67. The minimum Gasteiger partial charge on any atom is -0.497 e. The number of nitrogens with one attached hydrogen (secondary N) is 1. The highest BCUT2D eigenvalue weighted by atomic mass is 32.2. The second kappa shape index (κ2) is 8.43. The summed E-state index contributed by atoms with van der Waals surface area (Å²) in [5, 5.41) is 2.86. The van der Waals surface area contributed by atoms with Gasteiger partial charge >= 0.3 is 0 Å². The summed E-state index contributed by atoms with van der Waals surface area (Å²) in [7, 11) is -2.13. The molecule has 2 rings (SSSR count). The Hall–Kier alpha value is -2.54. The van der Waals surface area contributed by atoms with Gasteiger partial charge in [-0.3, -0.25) is 9.10 Å². The molecular formula is C20H26N2O4S. The van der Waals surface area contributed by atoms with Gasteiger partial charge in [-0.1, -0.05) is 24.6 Å². The second-order valence-corrected chi connectivity index (χ2v) is 8.35. The van der Waals surface area contributed by atoms with Gasteiger partial charge in [-0.05, 0) is 56.2 Å². The zero-order valence-electron chi connectivity index (χ0n) is 16.3. The zero-order chi connectivity index (χ0) is 20.2. The number of anilines is 2. The lowest BCUT2D eigenvalue weighted by Gasteiger charge is -2.30. The number of ether oxygens (including phenoxy) is 1. The predicted molar refractivity (Wildman–Crippen MR) is 109 cm³/mol. The molecule has 0 bridgehead atoms. The molecule has 1 amide bonds. The fourth-order valence-electron chi connectivity index (χ4n) is 2.96. The molecule has 0 aliphatic rings. The second-order valence-electron chi connectivity index (χ2n) is 6.49. The molecule has 7 heteroatoms. The molecule has 146 valence electrons. The normalized spacial score (nSPS) is 12.3. The molecule has 1 atom stereocenters. The van der Waals surface area contributed by atoms with Gasteiger partial charge in [-0.15, -0.1) is 0 Å². The van der Waals surface area contributed by atoms with Crippen LogP contribution in [0.2, 0.25) is 0 Å². The van der Waals surface area contributed by atoms with E-state index >= 15 is 0 Å². The van der Waals surface area contributed by atoms with E-state index in [4.69, 9.17) is 4.74 Å². The van der Waals surface area contributed by atoms with E-state index in [1.807, 2.05) is 32.0 Å². The number of carbonyl (C=O) groups is 1. The van der Waals surface area contributed by atoms with Gasteiger partial charge in [-0.25, -0.2) is 8.42 Å². The SMILES string of the molecule is CCC(C(=O)Nc1ccc(C)cc1C)N(c1ccc(OC)cc1)S(C)(=O)=O. The van der Waals surface area contributed by atoms with E-state index in [2.05, 4.69) is 5.32 Å². The standard InChI is InChI=1S/C20H26N2O4S/c1-6-19(20(23)21-18-12-7-14(2)13-15(18)3)22(27(5,24)25)16-8-10-17(26-4)11-9-16/h7-13,19H,6H2,1-5H3,(H,21,23).